The number of methoxy groups -OCH3 is 1. The molecule has 0 N–H and O–H groups in total. The van der Waals surface area contributed by atoms with Crippen molar-refractivity contribution in [3.05, 3.63) is 65.7 Å². The molecule has 2 amide bonds. The van der Waals surface area contributed by atoms with E-state index in [0.717, 1.165) is 54.8 Å². The number of benzene rings is 2. The van der Waals surface area contributed by atoms with Crippen LogP contribution in [0.3, 0.4) is 0 Å². The van der Waals surface area contributed by atoms with E-state index in [-0.39, 0.29) is 17.6 Å². The number of carbonyl (C=O) groups excluding carboxylic acids is 2. The number of ether oxygens (including phenoxy) is 1. The Morgan fingerprint density at radius 2 is 1.60 bits per heavy atom. The van der Waals surface area contributed by atoms with E-state index in [1.165, 1.54) is 0 Å². The first-order chi connectivity index (χ1) is 17.0. The van der Waals surface area contributed by atoms with Crippen molar-refractivity contribution in [3.8, 4) is 11.4 Å². The molecule has 4 rings (SSSR count). The van der Waals surface area contributed by atoms with Gasteiger partial charge in [0.2, 0.25) is 11.7 Å². The fourth-order valence-corrected chi connectivity index (χ4v) is 4.51. The highest BCUT2D eigenvalue weighted by molar-refractivity contribution is 5.93. The molecule has 0 bridgehead atoms. The van der Waals surface area contributed by atoms with Gasteiger partial charge < -0.3 is 14.5 Å². The van der Waals surface area contributed by atoms with Gasteiger partial charge in [0.05, 0.1) is 12.8 Å². The first-order valence-corrected chi connectivity index (χ1v) is 12.2. The van der Waals surface area contributed by atoms with Gasteiger partial charge in [-0.25, -0.2) is 9.67 Å². The first-order valence-electron chi connectivity index (χ1n) is 12.2. The normalized spacial score (nSPS) is 15.1. The number of amides is 2. The minimum absolute atomic E-state index is 0.0166. The average Bonchev–Trinajstić information content (AvgIpc) is 3.25. The SMILES string of the molecule is COc1ccc(-n2nc(C(=O)N3CCCCCCCN(C(C)=O)c4ccccc4C3)nc2C)cc1. The van der Waals surface area contributed by atoms with Crippen molar-refractivity contribution in [3.63, 3.8) is 0 Å². The smallest absolute Gasteiger partial charge is 0.293 e. The van der Waals surface area contributed by atoms with Gasteiger partial charge in [0.1, 0.15) is 11.6 Å². The fraction of sp³-hybridized carbons (Fsp3) is 0.407. The summed E-state index contributed by atoms with van der Waals surface area (Å²) in [6.07, 6.45) is 5.08. The zero-order chi connectivity index (χ0) is 24.8. The van der Waals surface area contributed by atoms with Gasteiger partial charge in [-0.3, -0.25) is 9.59 Å². The van der Waals surface area contributed by atoms with Gasteiger partial charge in [-0.15, -0.1) is 5.10 Å². The molecule has 8 nitrogen and oxygen atoms in total. The van der Waals surface area contributed by atoms with Crippen molar-refractivity contribution in [1.29, 1.82) is 0 Å². The molecule has 0 unspecified atom stereocenters. The monoisotopic (exact) mass is 475 g/mol. The van der Waals surface area contributed by atoms with E-state index >= 15 is 0 Å². The molecule has 0 saturated heterocycles. The Labute approximate surface area is 206 Å². The summed E-state index contributed by atoms with van der Waals surface area (Å²) in [7, 11) is 1.62. The Balaban J connectivity index is 1.64. The van der Waals surface area contributed by atoms with E-state index in [1.54, 1.807) is 18.7 Å². The van der Waals surface area contributed by atoms with Crippen LogP contribution in [0, 0.1) is 6.92 Å². The highest BCUT2D eigenvalue weighted by atomic mass is 16.5. The molecule has 0 atom stereocenters. The number of hydrogen-bond acceptors (Lipinski definition) is 5. The quantitative estimate of drug-likeness (QED) is 0.555. The first kappa shape index (κ1) is 24.4. The summed E-state index contributed by atoms with van der Waals surface area (Å²) in [6, 6.07) is 15.3. The third kappa shape index (κ3) is 5.70. The largest absolute Gasteiger partial charge is 0.497 e. The van der Waals surface area contributed by atoms with Crippen LogP contribution in [0.4, 0.5) is 5.69 Å². The van der Waals surface area contributed by atoms with Gasteiger partial charge in [0, 0.05) is 32.2 Å². The van der Waals surface area contributed by atoms with Crippen LogP contribution in [-0.2, 0) is 11.3 Å². The minimum atomic E-state index is -0.207. The number of carbonyl (C=O) groups is 2. The van der Waals surface area contributed by atoms with E-state index in [2.05, 4.69) is 10.1 Å². The molecule has 184 valence electrons. The van der Waals surface area contributed by atoms with E-state index < -0.39 is 0 Å². The van der Waals surface area contributed by atoms with Crippen molar-refractivity contribution >= 4 is 17.5 Å². The Bertz CT molecular complexity index is 1170. The predicted octanol–water partition coefficient (Wildman–Crippen LogP) is 4.54. The lowest BCUT2D eigenvalue weighted by molar-refractivity contribution is -0.116. The van der Waals surface area contributed by atoms with Crippen LogP contribution in [0.2, 0.25) is 0 Å². The number of nitrogens with zero attached hydrogens (tertiary/aromatic N) is 5. The van der Waals surface area contributed by atoms with Crippen LogP contribution in [0.1, 0.15) is 61.0 Å². The molecular weight excluding hydrogens is 442 g/mol. The molecule has 0 aliphatic carbocycles. The number of aryl methyl sites for hydroxylation is 1. The number of aromatic nitrogens is 3. The molecule has 1 aliphatic rings. The van der Waals surface area contributed by atoms with Crippen LogP contribution in [0.5, 0.6) is 5.75 Å². The van der Waals surface area contributed by atoms with Gasteiger partial charge in [-0.1, -0.05) is 37.5 Å². The van der Waals surface area contributed by atoms with Crippen molar-refractivity contribution in [1.82, 2.24) is 19.7 Å². The molecule has 1 aliphatic heterocycles. The summed E-state index contributed by atoms with van der Waals surface area (Å²) >= 11 is 0. The maximum Gasteiger partial charge on any atom is 0.293 e. The number of rotatable bonds is 3. The van der Waals surface area contributed by atoms with E-state index in [1.807, 2.05) is 65.3 Å². The second-order valence-corrected chi connectivity index (χ2v) is 8.89. The van der Waals surface area contributed by atoms with Crippen LogP contribution < -0.4 is 9.64 Å². The molecule has 0 radical (unpaired) electrons. The van der Waals surface area contributed by atoms with Gasteiger partial charge in [-0.2, -0.15) is 0 Å². The van der Waals surface area contributed by atoms with Crippen LogP contribution in [-0.4, -0.2) is 51.7 Å². The second-order valence-electron chi connectivity index (χ2n) is 8.89. The number of fused-ring (bicyclic) bond motifs is 1. The number of para-hydroxylation sites is 1. The zero-order valence-corrected chi connectivity index (χ0v) is 20.7. The molecular formula is C27H33N5O3. The summed E-state index contributed by atoms with van der Waals surface area (Å²) in [5, 5.41) is 4.55. The maximum absolute atomic E-state index is 13.6. The highest BCUT2D eigenvalue weighted by Crippen LogP contribution is 2.25. The van der Waals surface area contributed by atoms with Crippen LogP contribution in [0.15, 0.2) is 48.5 Å². The van der Waals surface area contributed by atoms with Crippen molar-refractivity contribution in [2.45, 2.75) is 52.5 Å². The van der Waals surface area contributed by atoms with Gasteiger partial charge >= 0.3 is 0 Å². The lowest BCUT2D eigenvalue weighted by atomic mass is 10.1. The minimum Gasteiger partial charge on any atom is -0.497 e. The summed E-state index contributed by atoms with van der Waals surface area (Å²) < 4.78 is 6.91. The number of anilines is 1. The third-order valence-corrected chi connectivity index (χ3v) is 6.40. The molecule has 35 heavy (non-hydrogen) atoms. The average molecular weight is 476 g/mol. The Hall–Kier alpha value is -3.68. The predicted molar refractivity (Wildman–Crippen MR) is 135 cm³/mol. The van der Waals surface area contributed by atoms with Crippen LogP contribution >= 0.6 is 0 Å². The standard InChI is InChI=1S/C27H33N5O3/c1-20-28-26(29-32(20)23-13-15-24(35-3)16-14-23)27(34)30-17-9-5-4-6-10-18-31(21(2)33)25-12-8-7-11-22(25)19-30/h7-8,11-16H,4-6,9-10,17-19H2,1-3H3. The molecule has 0 spiro atoms. The summed E-state index contributed by atoms with van der Waals surface area (Å²) in [6.45, 7) is 5.14. The number of hydrogen-bond donors (Lipinski definition) is 0. The molecule has 0 fully saturated rings. The topological polar surface area (TPSA) is 80.6 Å². The zero-order valence-electron chi connectivity index (χ0n) is 20.7. The molecule has 2 heterocycles. The van der Waals surface area contributed by atoms with Crippen LogP contribution in [0.25, 0.3) is 5.69 Å². The molecule has 8 heteroatoms. The molecule has 0 saturated carbocycles. The lowest BCUT2D eigenvalue weighted by Crippen LogP contribution is -2.35. The van der Waals surface area contributed by atoms with Crippen molar-refractivity contribution in [2.24, 2.45) is 0 Å². The van der Waals surface area contributed by atoms with Crippen molar-refractivity contribution in [2.75, 3.05) is 25.1 Å². The molecule has 1 aromatic heterocycles. The second kappa shape index (κ2) is 11.2. The maximum atomic E-state index is 13.6. The highest BCUT2D eigenvalue weighted by Gasteiger charge is 2.24. The lowest BCUT2D eigenvalue weighted by Gasteiger charge is -2.28. The van der Waals surface area contributed by atoms with Gasteiger partial charge in [0.25, 0.3) is 5.91 Å². The third-order valence-electron chi connectivity index (χ3n) is 6.40. The van der Waals surface area contributed by atoms with E-state index in [0.29, 0.717) is 25.5 Å². The molecule has 2 aromatic carbocycles. The Kier molecular flexibility index (Phi) is 7.80. The Morgan fingerprint density at radius 1 is 0.914 bits per heavy atom. The van der Waals surface area contributed by atoms with Gasteiger partial charge in [-0.05, 0) is 55.7 Å². The summed E-state index contributed by atoms with van der Waals surface area (Å²) in [4.78, 5) is 34.2. The van der Waals surface area contributed by atoms with E-state index in [9.17, 15) is 9.59 Å². The summed E-state index contributed by atoms with van der Waals surface area (Å²) in [5.74, 6) is 1.37. The Morgan fingerprint density at radius 3 is 2.31 bits per heavy atom. The summed E-state index contributed by atoms with van der Waals surface area (Å²) in [5.41, 5.74) is 2.63. The molecule has 3 aromatic rings. The van der Waals surface area contributed by atoms with Gasteiger partial charge in [0.15, 0.2) is 0 Å². The fourth-order valence-electron chi connectivity index (χ4n) is 4.51. The van der Waals surface area contributed by atoms with Crippen molar-refractivity contribution < 1.29 is 14.3 Å². The van der Waals surface area contributed by atoms with E-state index in [4.69, 9.17) is 4.74 Å².